The minimum atomic E-state index is -1.12. The molecule has 22 heavy (non-hydrogen) atoms. The average Bonchev–Trinajstić information content (AvgIpc) is 2.44. The topological polar surface area (TPSA) is 78.4 Å². The number of nitrogens with one attached hydrogen (secondary N) is 2. The SMILES string of the molecule is CC(C)(C)[S@@](=O)CCNC(=O)NC[C@@H](O)c1ccccc1F. The zero-order valence-electron chi connectivity index (χ0n) is 13.1. The minimum absolute atomic E-state index is 0.102. The van der Waals surface area contributed by atoms with Crippen LogP contribution in [0.3, 0.4) is 0 Å². The normalized spacial score (nSPS) is 14.2. The van der Waals surface area contributed by atoms with Crippen molar-refractivity contribution in [2.45, 2.75) is 31.6 Å². The molecule has 3 N–H and O–H groups in total. The fourth-order valence-corrected chi connectivity index (χ4v) is 2.57. The third kappa shape index (κ3) is 6.11. The van der Waals surface area contributed by atoms with Gasteiger partial charge < -0.3 is 15.7 Å². The number of hydrogen-bond donors (Lipinski definition) is 3. The quantitative estimate of drug-likeness (QED) is 0.743. The van der Waals surface area contributed by atoms with Crippen LogP contribution in [-0.4, -0.2) is 38.9 Å². The number of carbonyl (C=O) groups excluding carboxylic acids is 1. The summed E-state index contributed by atoms with van der Waals surface area (Å²) in [6, 6.07) is 5.37. The van der Waals surface area contributed by atoms with Crippen LogP contribution in [0.2, 0.25) is 0 Å². The third-order valence-corrected chi connectivity index (χ3v) is 4.92. The minimum Gasteiger partial charge on any atom is -0.386 e. The summed E-state index contributed by atoms with van der Waals surface area (Å²) >= 11 is 0. The van der Waals surface area contributed by atoms with Crippen molar-refractivity contribution in [1.82, 2.24) is 10.6 Å². The van der Waals surface area contributed by atoms with Crippen LogP contribution in [0.5, 0.6) is 0 Å². The Hall–Kier alpha value is -1.47. The molecule has 2 atom stereocenters. The highest BCUT2D eigenvalue weighted by Gasteiger charge is 2.19. The molecule has 2 amide bonds. The van der Waals surface area contributed by atoms with E-state index in [1.54, 1.807) is 6.07 Å². The maximum Gasteiger partial charge on any atom is 0.314 e. The predicted molar refractivity (Wildman–Crippen MR) is 85.5 cm³/mol. The first-order valence-corrected chi connectivity index (χ1v) is 8.36. The van der Waals surface area contributed by atoms with Gasteiger partial charge in [0.15, 0.2) is 0 Å². The number of urea groups is 1. The summed E-state index contributed by atoms with van der Waals surface area (Å²) in [6.45, 7) is 5.77. The van der Waals surface area contributed by atoms with Crippen molar-refractivity contribution in [3.05, 3.63) is 35.6 Å². The Bertz CT molecular complexity index is 532. The van der Waals surface area contributed by atoms with Crippen LogP contribution in [0, 0.1) is 5.82 Å². The van der Waals surface area contributed by atoms with Crippen LogP contribution in [0.1, 0.15) is 32.4 Å². The average molecular weight is 330 g/mol. The lowest BCUT2D eigenvalue weighted by molar-refractivity contribution is 0.169. The number of rotatable bonds is 6. The van der Waals surface area contributed by atoms with E-state index in [2.05, 4.69) is 10.6 Å². The lowest BCUT2D eigenvalue weighted by atomic mass is 10.1. The molecule has 0 aliphatic carbocycles. The predicted octanol–water partition coefficient (Wildman–Crippen LogP) is 1.71. The smallest absolute Gasteiger partial charge is 0.314 e. The highest BCUT2D eigenvalue weighted by atomic mass is 32.2. The monoisotopic (exact) mass is 330 g/mol. The van der Waals surface area contributed by atoms with Crippen LogP contribution >= 0.6 is 0 Å². The molecular formula is C15H23FN2O3S. The molecule has 5 nitrogen and oxygen atoms in total. The molecular weight excluding hydrogens is 307 g/mol. The van der Waals surface area contributed by atoms with Gasteiger partial charge in [-0.15, -0.1) is 0 Å². The lowest BCUT2D eigenvalue weighted by Gasteiger charge is -2.18. The van der Waals surface area contributed by atoms with E-state index in [-0.39, 0.29) is 23.4 Å². The zero-order chi connectivity index (χ0) is 16.8. The molecule has 0 aliphatic heterocycles. The first kappa shape index (κ1) is 18.6. The number of aliphatic hydroxyl groups is 1. The highest BCUT2D eigenvalue weighted by Crippen LogP contribution is 2.15. The number of aliphatic hydroxyl groups excluding tert-OH is 1. The third-order valence-electron chi connectivity index (χ3n) is 2.98. The molecule has 1 rings (SSSR count). The van der Waals surface area contributed by atoms with Gasteiger partial charge in [-0.25, -0.2) is 9.18 Å². The van der Waals surface area contributed by atoms with E-state index in [0.29, 0.717) is 5.75 Å². The molecule has 0 saturated heterocycles. The van der Waals surface area contributed by atoms with Crippen molar-refractivity contribution in [3.8, 4) is 0 Å². The maximum atomic E-state index is 13.4. The molecule has 0 aliphatic rings. The summed E-state index contributed by atoms with van der Waals surface area (Å²) in [5.41, 5.74) is 0.136. The van der Waals surface area contributed by atoms with E-state index >= 15 is 0 Å². The van der Waals surface area contributed by atoms with Gasteiger partial charge >= 0.3 is 6.03 Å². The number of benzene rings is 1. The first-order chi connectivity index (χ1) is 10.2. The molecule has 0 spiro atoms. The van der Waals surface area contributed by atoms with Gasteiger partial charge in [-0.2, -0.15) is 0 Å². The summed E-state index contributed by atoms with van der Waals surface area (Å²) < 4.78 is 24.9. The van der Waals surface area contributed by atoms with Crippen LogP contribution in [0.4, 0.5) is 9.18 Å². The Morgan fingerprint density at radius 1 is 1.32 bits per heavy atom. The molecule has 1 aromatic rings. The Balaban J connectivity index is 2.32. The second-order valence-electron chi connectivity index (χ2n) is 5.84. The van der Waals surface area contributed by atoms with E-state index in [9.17, 15) is 18.5 Å². The molecule has 124 valence electrons. The van der Waals surface area contributed by atoms with Crippen LogP contribution < -0.4 is 10.6 Å². The number of hydrogen-bond acceptors (Lipinski definition) is 3. The maximum absolute atomic E-state index is 13.4. The standard InChI is InChI=1S/C15H23FN2O3S/c1-15(2,3)22(21)9-8-17-14(20)18-10-13(19)11-6-4-5-7-12(11)16/h4-7,13,19H,8-10H2,1-3H3,(H2,17,18,20)/t13-,22+/m1/s1. The van der Waals surface area contributed by atoms with Gasteiger partial charge in [-0.1, -0.05) is 18.2 Å². The molecule has 0 unspecified atom stereocenters. The van der Waals surface area contributed by atoms with Gasteiger partial charge in [0.2, 0.25) is 0 Å². The Morgan fingerprint density at radius 2 is 1.95 bits per heavy atom. The van der Waals surface area contributed by atoms with E-state index < -0.39 is 28.8 Å². The van der Waals surface area contributed by atoms with Crippen molar-refractivity contribution in [3.63, 3.8) is 0 Å². The summed E-state index contributed by atoms with van der Waals surface area (Å²) in [6.07, 6.45) is -1.12. The van der Waals surface area contributed by atoms with Crippen LogP contribution in [-0.2, 0) is 10.8 Å². The van der Waals surface area contributed by atoms with Gasteiger partial charge in [0.25, 0.3) is 0 Å². The highest BCUT2D eigenvalue weighted by molar-refractivity contribution is 7.86. The summed E-state index contributed by atoms with van der Waals surface area (Å²) in [5, 5.41) is 14.9. The fourth-order valence-electron chi connectivity index (χ4n) is 1.67. The number of amides is 2. The second-order valence-corrected chi connectivity index (χ2v) is 8.16. The Kier molecular flexibility index (Phi) is 6.96. The van der Waals surface area contributed by atoms with Gasteiger partial charge in [0.05, 0.1) is 6.10 Å². The first-order valence-electron chi connectivity index (χ1n) is 7.04. The second kappa shape index (κ2) is 8.24. The van der Waals surface area contributed by atoms with Crippen LogP contribution in [0.25, 0.3) is 0 Å². The Labute approximate surface area is 132 Å². The molecule has 7 heteroatoms. The van der Waals surface area contributed by atoms with Crippen molar-refractivity contribution in [2.75, 3.05) is 18.8 Å². The van der Waals surface area contributed by atoms with E-state index in [1.807, 2.05) is 20.8 Å². The molecule has 0 fully saturated rings. The molecule has 0 radical (unpaired) electrons. The number of halogens is 1. The molecule has 0 aromatic heterocycles. The lowest BCUT2D eigenvalue weighted by Crippen LogP contribution is -2.40. The molecule has 0 saturated carbocycles. The van der Waals surface area contributed by atoms with Crippen molar-refractivity contribution >= 4 is 16.8 Å². The van der Waals surface area contributed by atoms with Gasteiger partial charge in [-0.3, -0.25) is 4.21 Å². The van der Waals surface area contributed by atoms with Crippen LogP contribution in [0.15, 0.2) is 24.3 Å². The van der Waals surface area contributed by atoms with Gasteiger partial charge in [0.1, 0.15) is 5.82 Å². The van der Waals surface area contributed by atoms with Crippen molar-refractivity contribution < 1.29 is 18.5 Å². The van der Waals surface area contributed by atoms with E-state index in [1.165, 1.54) is 18.2 Å². The molecule has 0 heterocycles. The van der Waals surface area contributed by atoms with Crippen molar-refractivity contribution in [2.24, 2.45) is 0 Å². The Morgan fingerprint density at radius 3 is 2.55 bits per heavy atom. The summed E-state index contributed by atoms with van der Waals surface area (Å²) in [5.74, 6) is -0.162. The summed E-state index contributed by atoms with van der Waals surface area (Å²) in [4.78, 5) is 11.6. The van der Waals surface area contributed by atoms with E-state index in [0.717, 1.165) is 0 Å². The number of carbonyl (C=O) groups is 1. The van der Waals surface area contributed by atoms with Gasteiger partial charge in [-0.05, 0) is 26.8 Å². The van der Waals surface area contributed by atoms with Gasteiger partial charge in [0, 0.05) is 40.0 Å². The van der Waals surface area contributed by atoms with E-state index in [4.69, 9.17) is 0 Å². The molecule has 1 aromatic carbocycles. The largest absolute Gasteiger partial charge is 0.386 e. The molecule has 0 bridgehead atoms. The zero-order valence-corrected chi connectivity index (χ0v) is 13.9. The fraction of sp³-hybridized carbons (Fsp3) is 0.533. The summed E-state index contributed by atoms with van der Waals surface area (Å²) in [7, 11) is -1.04. The van der Waals surface area contributed by atoms with Crippen molar-refractivity contribution in [1.29, 1.82) is 0 Å².